The maximum absolute atomic E-state index is 12.1. The summed E-state index contributed by atoms with van der Waals surface area (Å²) in [5, 5.41) is 61.2. The van der Waals surface area contributed by atoms with Crippen molar-refractivity contribution >= 4 is 48.4 Å². The van der Waals surface area contributed by atoms with E-state index in [2.05, 4.69) is 0 Å². The van der Waals surface area contributed by atoms with Crippen molar-refractivity contribution in [2.24, 2.45) is 11.5 Å². The van der Waals surface area contributed by atoms with Crippen molar-refractivity contribution in [3.63, 3.8) is 0 Å². The lowest BCUT2D eigenvalue weighted by atomic mass is 9.73. The minimum Gasteiger partial charge on any atom is -0.423 e. The molecule has 3 aromatic rings. The van der Waals surface area contributed by atoms with Crippen molar-refractivity contribution in [2.45, 2.75) is 0 Å². The predicted octanol–water partition coefficient (Wildman–Crippen LogP) is -1.61. The van der Waals surface area contributed by atoms with E-state index in [1.807, 2.05) is 0 Å². The zero-order valence-electron chi connectivity index (χ0n) is 18.1. The third-order valence-electron chi connectivity index (χ3n) is 5.28. The summed E-state index contributed by atoms with van der Waals surface area (Å²) in [6.07, 6.45) is 0. The number of nitro groups is 2. The summed E-state index contributed by atoms with van der Waals surface area (Å²) in [5.41, 5.74) is 8.01. The lowest BCUT2D eigenvalue weighted by molar-refractivity contribution is -0.384. The molecule has 3 aromatic carbocycles. The number of hydrogen-bond acceptors (Lipinski definition) is 10. The fraction of sp³-hybridized carbons (Fsp3) is 0. The smallest absolute Gasteiger partial charge is 0.423 e. The maximum Gasteiger partial charge on any atom is 0.489 e. The van der Waals surface area contributed by atoms with Crippen LogP contribution in [0.3, 0.4) is 0 Å². The van der Waals surface area contributed by atoms with E-state index in [9.17, 15) is 49.9 Å². The number of carbonyl (C=O) groups excluding carboxylic acids is 2. The van der Waals surface area contributed by atoms with Gasteiger partial charge in [-0.2, -0.15) is 0 Å². The van der Waals surface area contributed by atoms with Crippen LogP contribution in [0.2, 0.25) is 0 Å². The van der Waals surface area contributed by atoms with Crippen molar-refractivity contribution < 1.29 is 39.5 Å². The highest BCUT2D eigenvalue weighted by Crippen LogP contribution is 2.32. The highest BCUT2D eigenvalue weighted by Gasteiger charge is 2.29. The van der Waals surface area contributed by atoms with Crippen molar-refractivity contribution in [3.8, 4) is 22.3 Å². The molecule has 0 heterocycles. The van der Waals surface area contributed by atoms with Crippen LogP contribution in [0.25, 0.3) is 22.3 Å². The zero-order valence-corrected chi connectivity index (χ0v) is 18.1. The van der Waals surface area contributed by atoms with Gasteiger partial charge in [-0.05, 0) is 11.1 Å². The Hall–Kier alpha value is -4.63. The predicted molar refractivity (Wildman–Crippen MR) is 127 cm³/mol. The minimum atomic E-state index is -2.25. The van der Waals surface area contributed by atoms with Crippen LogP contribution >= 0.6 is 0 Å². The summed E-state index contributed by atoms with van der Waals surface area (Å²) in [6.45, 7) is 0. The average Bonchev–Trinajstić information content (AvgIpc) is 2.81. The first-order valence-electron chi connectivity index (χ1n) is 9.90. The molecule has 2 amide bonds. The van der Waals surface area contributed by atoms with Crippen molar-refractivity contribution in [2.75, 3.05) is 0 Å². The molecule has 0 atom stereocenters. The van der Waals surface area contributed by atoms with E-state index in [-0.39, 0.29) is 33.4 Å². The monoisotopic (exact) mass is 494 g/mol. The Balaban J connectivity index is 2.27. The minimum absolute atomic E-state index is 0.105. The van der Waals surface area contributed by atoms with E-state index in [4.69, 9.17) is 11.5 Å². The number of carbonyl (C=O) groups is 2. The number of nitrogens with zero attached hydrogens (tertiary/aromatic N) is 2. The molecule has 0 saturated carbocycles. The van der Waals surface area contributed by atoms with E-state index < -0.39 is 58.2 Å². The Kier molecular flexibility index (Phi) is 7.17. The molecule has 0 aliphatic carbocycles. The van der Waals surface area contributed by atoms with Crippen molar-refractivity contribution in [3.05, 3.63) is 79.9 Å². The van der Waals surface area contributed by atoms with E-state index in [1.54, 1.807) is 0 Å². The first-order valence-corrected chi connectivity index (χ1v) is 9.90. The van der Waals surface area contributed by atoms with Gasteiger partial charge in [-0.1, -0.05) is 24.3 Å². The van der Waals surface area contributed by atoms with Crippen LogP contribution in [-0.2, 0) is 0 Å². The Bertz CT molecular complexity index is 1300. The second-order valence-electron chi connectivity index (χ2n) is 7.48. The van der Waals surface area contributed by atoms with E-state index >= 15 is 0 Å². The zero-order chi connectivity index (χ0) is 26.9. The lowest BCUT2D eigenvalue weighted by Gasteiger charge is -2.15. The number of nitro benzene ring substituents is 2. The molecule has 182 valence electrons. The number of primary amides is 2. The average molecular weight is 494 g/mol. The van der Waals surface area contributed by atoms with Gasteiger partial charge < -0.3 is 31.6 Å². The van der Waals surface area contributed by atoms with Crippen LogP contribution in [0.15, 0.2) is 48.5 Å². The molecule has 36 heavy (non-hydrogen) atoms. The largest absolute Gasteiger partial charge is 0.489 e. The SMILES string of the molecule is NC(=O)c1c(B(O)O)cc([N+](=O)[O-])cc1-c1ccc(-c2cc([N+](=O)[O-])cc(B(O)O)c2C(N)=O)cc1. The number of non-ortho nitro benzene ring substituents is 2. The Morgan fingerprint density at radius 2 is 0.972 bits per heavy atom. The highest BCUT2D eigenvalue weighted by atomic mass is 16.6. The number of hydrogen-bond donors (Lipinski definition) is 6. The van der Waals surface area contributed by atoms with E-state index in [1.165, 1.54) is 24.3 Å². The second-order valence-corrected chi connectivity index (χ2v) is 7.48. The molecular weight excluding hydrogens is 478 g/mol. The Morgan fingerprint density at radius 1 is 0.667 bits per heavy atom. The molecule has 0 spiro atoms. The summed E-state index contributed by atoms with van der Waals surface area (Å²) in [7, 11) is -4.51. The maximum atomic E-state index is 12.1. The molecule has 0 unspecified atom stereocenters. The van der Waals surface area contributed by atoms with Gasteiger partial charge in [-0.3, -0.25) is 29.8 Å². The van der Waals surface area contributed by atoms with Crippen LogP contribution in [-0.4, -0.2) is 56.0 Å². The number of rotatable bonds is 8. The molecule has 8 N–H and O–H groups in total. The molecular formula is C20H16B2N4O10. The lowest BCUT2D eigenvalue weighted by Crippen LogP contribution is -2.37. The van der Waals surface area contributed by atoms with Gasteiger partial charge in [0, 0.05) is 57.4 Å². The fourth-order valence-electron chi connectivity index (χ4n) is 3.75. The van der Waals surface area contributed by atoms with Crippen LogP contribution in [0, 0.1) is 20.2 Å². The van der Waals surface area contributed by atoms with Crippen molar-refractivity contribution in [1.82, 2.24) is 0 Å². The Labute approximate surface area is 202 Å². The summed E-state index contributed by atoms with van der Waals surface area (Å²) in [6, 6.07) is 8.91. The molecule has 0 radical (unpaired) electrons. The summed E-state index contributed by atoms with van der Waals surface area (Å²) in [4.78, 5) is 45.2. The van der Waals surface area contributed by atoms with Gasteiger partial charge in [0.15, 0.2) is 0 Å². The normalized spacial score (nSPS) is 10.6. The van der Waals surface area contributed by atoms with Crippen LogP contribution < -0.4 is 22.4 Å². The van der Waals surface area contributed by atoms with Gasteiger partial charge in [-0.25, -0.2) is 0 Å². The molecule has 0 bridgehead atoms. The van der Waals surface area contributed by atoms with Crippen molar-refractivity contribution in [1.29, 1.82) is 0 Å². The number of benzene rings is 3. The third-order valence-corrected chi connectivity index (χ3v) is 5.28. The molecule has 3 rings (SSSR count). The van der Waals surface area contributed by atoms with Gasteiger partial charge in [0.2, 0.25) is 11.8 Å². The van der Waals surface area contributed by atoms with Gasteiger partial charge in [0.1, 0.15) is 0 Å². The molecule has 16 heteroatoms. The fourth-order valence-corrected chi connectivity index (χ4v) is 3.75. The summed E-state index contributed by atoms with van der Waals surface area (Å²) in [5.74, 6) is -2.19. The second kappa shape index (κ2) is 9.93. The molecule has 0 fully saturated rings. The van der Waals surface area contributed by atoms with Gasteiger partial charge in [-0.15, -0.1) is 0 Å². The highest BCUT2D eigenvalue weighted by molar-refractivity contribution is 6.61. The van der Waals surface area contributed by atoms with Crippen LogP contribution in [0.4, 0.5) is 11.4 Å². The quantitative estimate of drug-likeness (QED) is 0.119. The topological polar surface area (TPSA) is 253 Å². The summed E-state index contributed by atoms with van der Waals surface area (Å²) >= 11 is 0. The van der Waals surface area contributed by atoms with Gasteiger partial charge in [0.05, 0.1) is 9.85 Å². The first kappa shape index (κ1) is 26.0. The first-order chi connectivity index (χ1) is 16.8. The number of nitrogens with two attached hydrogens (primary N) is 2. The van der Waals surface area contributed by atoms with Gasteiger partial charge >= 0.3 is 14.2 Å². The van der Waals surface area contributed by atoms with Crippen LogP contribution in [0.5, 0.6) is 0 Å². The Morgan fingerprint density at radius 3 is 1.19 bits per heavy atom. The standard InChI is InChI=1S/C20H16B2N4O10/c23-19(27)17-13(5-11(25(33)34)7-15(17)21(29)30)9-1-2-10(4-3-9)14-6-12(26(35)36)8-16(22(31)32)18(14)20(24)28/h1-8,29-32H,(H2,23,27)(H2,24,28). The molecule has 0 aliphatic heterocycles. The molecule has 14 nitrogen and oxygen atoms in total. The van der Waals surface area contributed by atoms with Gasteiger partial charge in [0.25, 0.3) is 11.4 Å². The molecule has 0 saturated heterocycles. The third kappa shape index (κ3) is 4.91. The number of amides is 2. The van der Waals surface area contributed by atoms with E-state index in [0.717, 1.165) is 24.3 Å². The molecule has 0 aliphatic rings. The van der Waals surface area contributed by atoms with E-state index in [0.29, 0.717) is 0 Å². The summed E-state index contributed by atoms with van der Waals surface area (Å²) < 4.78 is 0. The molecule has 0 aromatic heterocycles. The van der Waals surface area contributed by atoms with Crippen LogP contribution in [0.1, 0.15) is 20.7 Å².